The molecule has 5 nitrogen and oxygen atoms in total. The largest absolute Gasteiger partial charge is 0.480 e. The summed E-state index contributed by atoms with van der Waals surface area (Å²) in [6, 6.07) is 0.0960. The molecule has 0 unspecified atom stereocenters. The first-order chi connectivity index (χ1) is 8.88. The fraction of sp³-hybridized carbons (Fsp3) is 0.857. The zero-order valence-electron chi connectivity index (χ0n) is 12.4. The summed E-state index contributed by atoms with van der Waals surface area (Å²) in [5.74, 6) is -0.955. The van der Waals surface area contributed by atoms with Gasteiger partial charge in [-0.2, -0.15) is 0 Å². The van der Waals surface area contributed by atoms with Crippen LogP contribution in [0.4, 0.5) is 4.79 Å². The Hall–Kier alpha value is -1.26. The van der Waals surface area contributed by atoms with Gasteiger partial charge in [0, 0.05) is 12.1 Å². The van der Waals surface area contributed by atoms with Gasteiger partial charge in [-0.3, -0.25) is 0 Å². The van der Waals surface area contributed by atoms with Crippen molar-refractivity contribution in [1.82, 2.24) is 10.2 Å². The van der Waals surface area contributed by atoms with Crippen LogP contribution >= 0.6 is 0 Å². The standard InChI is InChI=1S/C14H26N2O3/c1-5-14(6-2,12(17)18)15-13(19)16-10(3)8-7-9-11(16)4/h10-11H,5-9H2,1-4H3,(H,15,19)(H,17,18)/t10-,11+. The van der Waals surface area contributed by atoms with Crippen LogP contribution in [0.1, 0.15) is 59.8 Å². The van der Waals surface area contributed by atoms with Crippen molar-refractivity contribution in [3.63, 3.8) is 0 Å². The molecule has 5 heteroatoms. The summed E-state index contributed by atoms with van der Waals surface area (Å²) >= 11 is 0. The Morgan fingerprint density at radius 3 is 2.05 bits per heavy atom. The Kier molecular flexibility index (Phi) is 5.20. The highest BCUT2D eigenvalue weighted by Crippen LogP contribution is 2.24. The van der Waals surface area contributed by atoms with Crippen LogP contribution in [-0.4, -0.2) is 39.6 Å². The number of rotatable bonds is 4. The fourth-order valence-corrected chi connectivity index (χ4v) is 2.87. The minimum Gasteiger partial charge on any atom is -0.480 e. The molecular weight excluding hydrogens is 244 g/mol. The lowest BCUT2D eigenvalue weighted by Crippen LogP contribution is -2.60. The Balaban J connectivity index is 2.84. The molecule has 19 heavy (non-hydrogen) atoms. The Labute approximate surface area is 115 Å². The van der Waals surface area contributed by atoms with E-state index in [2.05, 4.69) is 5.32 Å². The molecule has 1 fully saturated rings. The molecular formula is C14H26N2O3. The second kappa shape index (κ2) is 6.26. The lowest BCUT2D eigenvalue weighted by atomic mass is 9.92. The lowest BCUT2D eigenvalue weighted by molar-refractivity contribution is -0.144. The predicted molar refractivity (Wildman–Crippen MR) is 74.1 cm³/mol. The number of aliphatic carboxylic acids is 1. The number of likely N-dealkylation sites (tertiary alicyclic amines) is 1. The smallest absolute Gasteiger partial charge is 0.329 e. The minimum absolute atomic E-state index is 0.170. The summed E-state index contributed by atoms with van der Waals surface area (Å²) in [6.45, 7) is 7.63. The summed E-state index contributed by atoms with van der Waals surface area (Å²) in [6.07, 6.45) is 3.87. The number of hydrogen-bond donors (Lipinski definition) is 2. The maximum absolute atomic E-state index is 12.4. The molecule has 0 bridgehead atoms. The van der Waals surface area contributed by atoms with Crippen molar-refractivity contribution in [3.8, 4) is 0 Å². The molecule has 0 aromatic rings. The number of carbonyl (C=O) groups is 2. The summed E-state index contributed by atoms with van der Waals surface area (Å²) in [7, 11) is 0. The maximum Gasteiger partial charge on any atom is 0.329 e. The molecule has 1 aliphatic heterocycles. The van der Waals surface area contributed by atoms with Crippen molar-refractivity contribution in [2.75, 3.05) is 0 Å². The van der Waals surface area contributed by atoms with Gasteiger partial charge in [0.05, 0.1) is 0 Å². The normalized spacial score (nSPS) is 24.1. The quantitative estimate of drug-likeness (QED) is 0.825. The summed E-state index contributed by atoms with van der Waals surface area (Å²) in [4.78, 5) is 25.6. The molecule has 1 saturated heterocycles. The summed E-state index contributed by atoms with van der Waals surface area (Å²) < 4.78 is 0. The van der Waals surface area contributed by atoms with Gasteiger partial charge in [0.25, 0.3) is 0 Å². The lowest BCUT2D eigenvalue weighted by Gasteiger charge is -2.41. The third kappa shape index (κ3) is 3.19. The molecule has 0 aromatic heterocycles. The molecule has 110 valence electrons. The van der Waals surface area contributed by atoms with Crippen LogP contribution in [0.2, 0.25) is 0 Å². The molecule has 1 aliphatic rings. The molecule has 2 amide bonds. The van der Waals surface area contributed by atoms with Crippen molar-refractivity contribution < 1.29 is 14.7 Å². The van der Waals surface area contributed by atoms with Gasteiger partial charge in [0.2, 0.25) is 0 Å². The molecule has 0 aliphatic carbocycles. The highest BCUT2D eigenvalue weighted by Gasteiger charge is 2.39. The zero-order valence-corrected chi connectivity index (χ0v) is 12.4. The van der Waals surface area contributed by atoms with Gasteiger partial charge >= 0.3 is 12.0 Å². The maximum atomic E-state index is 12.4. The third-order valence-corrected chi connectivity index (χ3v) is 4.39. The van der Waals surface area contributed by atoms with Gasteiger partial charge in [-0.05, 0) is 46.0 Å². The van der Waals surface area contributed by atoms with E-state index in [1.807, 2.05) is 13.8 Å². The first kappa shape index (κ1) is 15.8. The molecule has 2 atom stereocenters. The zero-order chi connectivity index (χ0) is 14.6. The number of carboxylic acid groups (broad SMARTS) is 1. The molecule has 1 rings (SSSR count). The Bertz CT molecular complexity index is 330. The molecule has 1 heterocycles. The first-order valence-corrected chi connectivity index (χ1v) is 7.21. The predicted octanol–water partition coefficient (Wildman–Crippen LogP) is 2.60. The number of urea groups is 1. The van der Waals surface area contributed by atoms with Gasteiger partial charge in [0.15, 0.2) is 0 Å². The fourth-order valence-electron chi connectivity index (χ4n) is 2.87. The van der Waals surface area contributed by atoms with Gasteiger partial charge in [-0.15, -0.1) is 0 Å². The van der Waals surface area contributed by atoms with Crippen molar-refractivity contribution in [1.29, 1.82) is 0 Å². The van der Waals surface area contributed by atoms with E-state index in [9.17, 15) is 14.7 Å². The van der Waals surface area contributed by atoms with Crippen LogP contribution in [0.25, 0.3) is 0 Å². The molecule has 2 N–H and O–H groups in total. The van der Waals surface area contributed by atoms with E-state index in [0.717, 1.165) is 19.3 Å². The van der Waals surface area contributed by atoms with Gasteiger partial charge in [-0.1, -0.05) is 13.8 Å². The van der Waals surface area contributed by atoms with E-state index in [0.29, 0.717) is 12.8 Å². The van der Waals surface area contributed by atoms with E-state index in [1.54, 1.807) is 18.7 Å². The molecule has 0 saturated carbocycles. The molecule has 0 spiro atoms. The van der Waals surface area contributed by atoms with E-state index in [4.69, 9.17) is 0 Å². The number of hydrogen-bond acceptors (Lipinski definition) is 2. The van der Waals surface area contributed by atoms with Gasteiger partial charge in [0.1, 0.15) is 5.54 Å². The molecule has 0 aromatic carbocycles. The minimum atomic E-state index is -1.14. The third-order valence-electron chi connectivity index (χ3n) is 4.39. The summed E-state index contributed by atoms with van der Waals surface area (Å²) in [5.41, 5.74) is -1.14. The van der Waals surface area contributed by atoms with E-state index < -0.39 is 11.5 Å². The van der Waals surface area contributed by atoms with Crippen molar-refractivity contribution in [2.24, 2.45) is 0 Å². The van der Waals surface area contributed by atoms with Crippen molar-refractivity contribution in [2.45, 2.75) is 77.4 Å². The van der Waals surface area contributed by atoms with Crippen LogP contribution < -0.4 is 5.32 Å². The highest BCUT2D eigenvalue weighted by molar-refractivity contribution is 5.86. The van der Waals surface area contributed by atoms with E-state index >= 15 is 0 Å². The second-order valence-electron chi connectivity index (χ2n) is 5.56. The van der Waals surface area contributed by atoms with Crippen LogP contribution in [0.3, 0.4) is 0 Å². The van der Waals surface area contributed by atoms with Crippen LogP contribution in [0.5, 0.6) is 0 Å². The first-order valence-electron chi connectivity index (χ1n) is 7.21. The summed E-state index contributed by atoms with van der Waals surface area (Å²) in [5, 5.41) is 12.1. The average molecular weight is 270 g/mol. The highest BCUT2D eigenvalue weighted by atomic mass is 16.4. The average Bonchev–Trinajstić information content (AvgIpc) is 2.35. The number of carbonyl (C=O) groups excluding carboxylic acids is 1. The van der Waals surface area contributed by atoms with Crippen LogP contribution in [-0.2, 0) is 4.79 Å². The monoisotopic (exact) mass is 270 g/mol. The number of nitrogens with one attached hydrogen (secondary N) is 1. The number of nitrogens with zero attached hydrogens (tertiary/aromatic N) is 1. The van der Waals surface area contributed by atoms with Gasteiger partial charge < -0.3 is 15.3 Å². The SMILES string of the molecule is CCC(CC)(NC(=O)N1[C@H](C)CCC[C@@H]1C)C(=O)O. The van der Waals surface area contributed by atoms with Crippen molar-refractivity contribution in [3.05, 3.63) is 0 Å². The van der Waals surface area contributed by atoms with Gasteiger partial charge in [-0.25, -0.2) is 9.59 Å². The number of amides is 2. The Morgan fingerprint density at radius 2 is 1.68 bits per heavy atom. The van der Waals surface area contributed by atoms with E-state index in [1.165, 1.54) is 0 Å². The number of piperidine rings is 1. The van der Waals surface area contributed by atoms with E-state index in [-0.39, 0.29) is 18.1 Å². The van der Waals surface area contributed by atoms with Crippen molar-refractivity contribution >= 4 is 12.0 Å². The van der Waals surface area contributed by atoms with Crippen LogP contribution in [0, 0.1) is 0 Å². The molecule has 0 radical (unpaired) electrons. The van der Waals surface area contributed by atoms with Crippen LogP contribution in [0.15, 0.2) is 0 Å². The topological polar surface area (TPSA) is 69.6 Å². The second-order valence-corrected chi connectivity index (χ2v) is 5.56. The number of carboxylic acids is 1. The Morgan fingerprint density at radius 1 is 1.21 bits per heavy atom.